The summed E-state index contributed by atoms with van der Waals surface area (Å²) in [7, 11) is 2.00. The Morgan fingerprint density at radius 2 is 2.09 bits per heavy atom. The summed E-state index contributed by atoms with van der Waals surface area (Å²) >= 11 is 11.9. The van der Waals surface area contributed by atoms with Crippen molar-refractivity contribution in [2.24, 2.45) is 0 Å². The topological polar surface area (TPSA) is 45.2 Å². The van der Waals surface area contributed by atoms with Gasteiger partial charge in [-0.2, -0.15) is 0 Å². The van der Waals surface area contributed by atoms with E-state index in [4.69, 9.17) is 32.7 Å². The number of rotatable bonds is 8. The van der Waals surface area contributed by atoms with Crippen molar-refractivity contribution in [3.05, 3.63) is 28.2 Å². The van der Waals surface area contributed by atoms with Crippen LogP contribution in [0.1, 0.15) is 0 Å². The van der Waals surface area contributed by atoms with Crippen LogP contribution in [0.15, 0.2) is 18.2 Å². The Morgan fingerprint density at radius 3 is 2.78 bits per heavy atom. The van der Waals surface area contributed by atoms with E-state index in [-0.39, 0.29) is 6.61 Å². The fourth-order valence-electron chi connectivity index (χ4n) is 2.42. The lowest BCUT2D eigenvalue weighted by atomic mass is 10.3. The van der Waals surface area contributed by atoms with Crippen LogP contribution in [0.3, 0.4) is 0 Å². The molecule has 0 amide bonds. The van der Waals surface area contributed by atoms with Gasteiger partial charge in [-0.3, -0.25) is 4.90 Å². The van der Waals surface area contributed by atoms with Crippen molar-refractivity contribution in [3.63, 3.8) is 0 Å². The molecular weight excluding hydrogens is 339 g/mol. The minimum atomic E-state index is -0.573. The van der Waals surface area contributed by atoms with Crippen LogP contribution in [0.4, 0.5) is 0 Å². The third-order valence-electron chi connectivity index (χ3n) is 3.75. The van der Waals surface area contributed by atoms with Crippen LogP contribution < -0.4 is 4.74 Å². The average Bonchev–Trinajstić information content (AvgIpc) is 2.53. The molecule has 7 heteroatoms. The summed E-state index contributed by atoms with van der Waals surface area (Å²) in [6.07, 6.45) is -0.573. The van der Waals surface area contributed by atoms with Gasteiger partial charge in [0.15, 0.2) is 0 Å². The number of benzene rings is 1. The molecule has 0 spiro atoms. The molecule has 1 saturated heterocycles. The summed E-state index contributed by atoms with van der Waals surface area (Å²) in [5.74, 6) is 0.533. The van der Waals surface area contributed by atoms with E-state index in [0.29, 0.717) is 22.3 Å². The number of ether oxygens (including phenoxy) is 2. The van der Waals surface area contributed by atoms with E-state index in [2.05, 4.69) is 9.80 Å². The SMILES string of the molecule is CN(CCN1CCOCC1)CC(O)COc1ccc(Cl)cc1Cl. The van der Waals surface area contributed by atoms with E-state index in [1.807, 2.05) is 7.05 Å². The van der Waals surface area contributed by atoms with Gasteiger partial charge in [0.05, 0.1) is 18.2 Å². The molecule has 1 aliphatic rings. The first kappa shape index (κ1) is 18.8. The highest BCUT2D eigenvalue weighted by Crippen LogP contribution is 2.27. The number of likely N-dealkylation sites (N-methyl/N-ethyl adjacent to an activating group) is 1. The number of halogens is 2. The molecule has 1 atom stereocenters. The van der Waals surface area contributed by atoms with Gasteiger partial charge in [0.25, 0.3) is 0 Å². The van der Waals surface area contributed by atoms with Gasteiger partial charge in [0, 0.05) is 37.7 Å². The maximum atomic E-state index is 10.1. The second-order valence-electron chi connectivity index (χ2n) is 5.76. The quantitative estimate of drug-likeness (QED) is 0.766. The third kappa shape index (κ3) is 6.83. The molecule has 0 aromatic heterocycles. The summed E-state index contributed by atoms with van der Waals surface area (Å²) < 4.78 is 10.9. The van der Waals surface area contributed by atoms with Crippen LogP contribution in [0.25, 0.3) is 0 Å². The van der Waals surface area contributed by atoms with Crippen molar-refractivity contribution in [1.29, 1.82) is 0 Å². The Hall–Kier alpha value is -0.560. The van der Waals surface area contributed by atoms with Gasteiger partial charge in [-0.1, -0.05) is 23.2 Å². The number of morpholine rings is 1. The number of hydrogen-bond donors (Lipinski definition) is 1. The molecule has 1 aromatic rings. The zero-order chi connectivity index (χ0) is 16.7. The van der Waals surface area contributed by atoms with Crippen LogP contribution >= 0.6 is 23.2 Å². The zero-order valence-corrected chi connectivity index (χ0v) is 14.9. The van der Waals surface area contributed by atoms with E-state index in [1.165, 1.54) is 0 Å². The van der Waals surface area contributed by atoms with Crippen molar-refractivity contribution in [3.8, 4) is 5.75 Å². The number of aliphatic hydroxyl groups excluding tert-OH is 1. The van der Waals surface area contributed by atoms with Crippen molar-refractivity contribution in [2.75, 3.05) is 59.6 Å². The molecular formula is C16H24Cl2N2O3. The standard InChI is InChI=1S/C16H24Cl2N2O3/c1-19(4-5-20-6-8-22-9-7-20)11-14(21)12-23-16-3-2-13(17)10-15(16)18/h2-3,10,14,21H,4-9,11-12H2,1H3. The third-order valence-corrected chi connectivity index (χ3v) is 4.28. The Balaban J connectivity index is 1.66. The van der Waals surface area contributed by atoms with Crippen molar-refractivity contribution in [1.82, 2.24) is 9.80 Å². The lowest BCUT2D eigenvalue weighted by Crippen LogP contribution is -2.42. The van der Waals surface area contributed by atoms with Crippen LogP contribution in [-0.4, -0.2) is 80.6 Å². The molecule has 1 aliphatic heterocycles. The maximum Gasteiger partial charge on any atom is 0.138 e. The van der Waals surface area contributed by atoms with Gasteiger partial charge in [-0.15, -0.1) is 0 Å². The largest absolute Gasteiger partial charge is 0.489 e. The highest BCUT2D eigenvalue weighted by Gasteiger charge is 2.14. The minimum Gasteiger partial charge on any atom is -0.489 e. The normalized spacial score (nSPS) is 17.4. The first-order valence-corrected chi connectivity index (χ1v) is 8.55. The van der Waals surface area contributed by atoms with Crippen molar-refractivity contribution < 1.29 is 14.6 Å². The van der Waals surface area contributed by atoms with Gasteiger partial charge < -0.3 is 19.5 Å². The number of nitrogens with zero attached hydrogens (tertiary/aromatic N) is 2. The average molecular weight is 363 g/mol. The molecule has 1 heterocycles. The molecule has 5 nitrogen and oxygen atoms in total. The van der Waals surface area contributed by atoms with Crippen LogP contribution in [0.2, 0.25) is 10.0 Å². The van der Waals surface area contributed by atoms with Crippen molar-refractivity contribution >= 4 is 23.2 Å². The lowest BCUT2D eigenvalue weighted by molar-refractivity contribution is 0.0297. The molecule has 0 aliphatic carbocycles. The zero-order valence-electron chi connectivity index (χ0n) is 13.4. The fourth-order valence-corrected chi connectivity index (χ4v) is 2.88. The summed E-state index contributed by atoms with van der Waals surface area (Å²) in [4.78, 5) is 4.48. The lowest BCUT2D eigenvalue weighted by Gasteiger charge is -2.29. The van der Waals surface area contributed by atoms with Gasteiger partial charge in [-0.25, -0.2) is 0 Å². The van der Waals surface area contributed by atoms with E-state index >= 15 is 0 Å². The van der Waals surface area contributed by atoms with Gasteiger partial charge in [0.1, 0.15) is 18.5 Å². The smallest absolute Gasteiger partial charge is 0.138 e. The highest BCUT2D eigenvalue weighted by atomic mass is 35.5. The Labute approximate surface area is 147 Å². The van der Waals surface area contributed by atoms with Crippen molar-refractivity contribution in [2.45, 2.75) is 6.10 Å². The molecule has 0 radical (unpaired) electrons. The Kier molecular flexibility index (Phi) is 7.89. The molecule has 1 fully saturated rings. The maximum absolute atomic E-state index is 10.1. The summed E-state index contributed by atoms with van der Waals surface area (Å²) in [6, 6.07) is 5.04. The predicted molar refractivity (Wildman–Crippen MR) is 92.7 cm³/mol. The number of aliphatic hydroxyl groups is 1. The van der Waals surface area contributed by atoms with E-state index in [1.54, 1.807) is 18.2 Å². The molecule has 1 aromatic carbocycles. The Morgan fingerprint density at radius 1 is 1.35 bits per heavy atom. The first-order valence-electron chi connectivity index (χ1n) is 7.79. The van der Waals surface area contributed by atoms with Gasteiger partial charge in [0.2, 0.25) is 0 Å². The van der Waals surface area contributed by atoms with E-state index in [0.717, 1.165) is 39.4 Å². The molecule has 23 heavy (non-hydrogen) atoms. The predicted octanol–water partition coefficient (Wildman–Crippen LogP) is 2.00. The van der Waals surface area contributed by atoms with Crippen LogP contribution in [-0.2, 0) is 4.74 Å². The summed E-state index contributed by atoms with van der Waals surface area (Å²) in [5, 5.41) is 11.1. The molecule has 130 valence electrons. The second-order valence-corrected chi connectivity index (χ2v) is 6.60. The second kappa shape index (κ2) is 9.67. The molecule has 1 N–H and O–H groups in total. The summed E-state index contributed by atoms with van der Waals surface area (Å²) in [5.41, 5.74) is 0. The van der Waals surface area contributed by atoms with Crippen LogP contribution in [0, 0.1) is 0 Å². The molecule has 1 unspecified atom stereocenters. The molecule has 0 bridgehead atoms. The number of hydrogen-bond acceptors (Lipinski definition) is 5. The Bertz CT molecular complexity index is 484. The van der Waals surface area contributed by atoms with Gasteiger partial charge >= 0.3 is 0 Å². The fraction of sp³-hybridized carbons (Fsp3) is 0.625. The molecule has 2 rings (SSSR count). The van der Waals surface area contributed by atoms with E-state index < -0.39 is 6.10 Å². The van der Waals surface area contributed by atoms with E-state index in [9.17, 15) is 5.11 Å². The monoisotopic (exact) mass is 362 g/mol. The first-order chi connectivity index (χ1) is 11.0. The molecule has 0 saturated carbocycles. The highest BCUT2D eigenvalue weighted by molar-refractivity contribution is 6.35. The van der Waals surface area contributed by atoms with Gasteiger partial charge in [-0.05, 0) is 25.2 Å². The van der Waals surface area contributed by atoms with Crippen LogP contribution in [0.5, 0.6) is 5.75 Å². The summed E-state index contributed by atoms with van der Waals surface area (Å²) in [6.45, 7) is 6.21. The minimum absolute atomic E-state index is 0.198.